The van der Waals surface area contributed by atoms with Crippen LogP contribution in [0.5, 0.6) is 0 Å². The quantitative estimate of drug-likeness (QED) is 0.922. The van der Waals surface area contributed by atoms with Gasteiger partial charge in [-0.25, -0.2) is 4.79 Å². The lowest BCUT2D eigenvalue weighted by Crippen LogP contribution is -1.95. The highest BCUT2D eigenvalue weighted by atomic mass is 79.9. The second kappa shape index (κ2) is 4.48. The maximum absolute atomic E-state index is 10.9. The van der Waals surface area contributed by atoms with Crippen LogP contribution in [0.2, 0.25) is 5.02 Å². The van der Waals surface area contributed by atoms with Crippen molar-refractivity contribution < 1.29 is 9.90 Å². The summed E-state index contributed by atoms with van der Waals surface area (Å²) in [6.07, 6.45) is 0. The summed E-state index contributed by atoms with van der Waals surface area (Å²) in [4.78, 5) is 11.0. The molecule has 2 rings (SSSR count). The lowest BCUT2D eigenvalue weighted by molar-refractivity contribution is 0.0702. The molecule has 1 aromatic carbocycles. The first-order valence-electron chi connectivity index (χ1n) is 4.10. The molecule has 0 bridgehead atoms. The van der Waals surface area contributed by atoms with E-state index < -0.39 is 5.97 Å². The van der Waals surface area contributed by atoms with Crippen molar-refractivity contribution in [3.8, 4) is 11.3 Å². The van der Waals surface area contributed by atoms with Gasteiger partial charge in [0, 0.05) is 10.0 Å². The van der Waals surface area contributed by atoms with E-state index in [0.29, 0.717) is 16.3 Å². The third kappa shape index (κ3) is 2.09. The van der Waals surface area contributed by atoms with Crippen molar-refractivity contribution in [1.29, 1.82) is 0 Å². The van der Waals surface area contributed by atoms with Crippen molar-refractivity contribution >= 4 is 45.0 Å². The molecule has 0 unspecified atom stereocenters. The fourth-order valence-corrected chi connectivity index (χ4v) is 2.47. The number of carbonyl (C=O) groups is 1. The Morgan fingerprint density at radius 1 is 1.50 bits per heavy atom. The summed E-state index contributed by atoms with van der Waals surface area (Å²) in [6.45, 7) is 0. The molecule has 0 radical (unpaired) electrons. The van der Waals surface area contributed by atoms with Gasteiger partial charge in [-0.1, -0.05) is 38.1 Å². The van der Waals surface area contributed by atoms with Gasteiger partial charge in [0.2, 0.25) is 0 Å². The number of nitrogens with zero attached hydrogens (tertiary/aromatic N) is 2. The average Bonchev–Trinajstić information content (AvgIpc) is 2.66. The van der Waals surface area contributed by atoms with Crippen molar-refractivity contribution in [2.24, 2.45) is 0 Å². The van der Waals surface area contributed by atoms with Gasteiger partial charge in [-0.3, -0.25) is 0 Å². The van der Waals surface area contributed by atoms with E-state index in [2.05, 4.69) is 25.5 Å². The molecule has 0 aliphatic heterocycles. The zero-order chi connectivity index (χ0) is 11.7. The number of hydrogen-bond acceptors (Lipinski definition) is 4. The predicted octanol–water partition coefficient (Wildman–Crippen LogP) is 3.32. The van der Waals surface area contributed by atoms with E-state index in [4.69, 9.17) is 16.7 Å². The summed E-state index contributed by atoms with van der Waals surface area (Å²) in [7, 11) is 0. The molecule has 0 saturated heterocycles. The van der Waals surface area contributed by atoms with Crippen LogP contribution in [-0.2, 0) is 0 Å². The van der Waals surface area contributed by atoms with Crippen molar-refractivity contribution in [1.82, 2.24) is 9.59 Å². The van der Waals surface area contributed by atoms with Crippen LogP contribution in [0, 0.1) is 0 Å². The molecule has 4 nitrogen and oxygen atoms in total. The zero-order valence-electron chi connectivity index (χ0n) is 7.65. The molecule has 2 aromatic rings. The van der Waals surface area contributed by atoms with Crippen molar-refractivity contribution in [3.63, 3.8) is 0 Å². The molecule has 82 valence electrons. The fourth-order valence-electron chi connectivity index (χ4n) is 1.19. The number of aromatic nitrogens is 2. The van der Waals surface area contributed by atoms with E-state index in [1.54, 1.807) is 18.2 Å². The Kier molecular flexibility index (Phi) is 3.22. The number of rotatable bonds is 2. The van der Waals surface area contributed by atoms with E-state index in [1.165, 1.54) is 0 Å². The molecule has 0 amide bonds. The highest BCUT2D eigenvalue weighted by Crippen LogP contribution is 2.32. The Bertz CT molecular complexity index is 558. The molecule has 0 saturated carbocycles. The summed E-state index contributed by atoms with van der Waals surface area (Å²) in [5, 5.41) is 13.2. The molecule has 1 N–H and O–H groups in total. The predicted molar refractivity (Wildman–Crippen MR) is 65.0 cm³/mol. The lowest BCUT2D eigenvalue weighted by atomic mass is 10.1. The Hall–Kier alpha value is -0.980. The number of carboxylic acids is 1. The molecule has 0 atom stereocenters. The van der Waals surface area contributed by atoms with E-state index in [-0.39, 0.29) is 4.88 Å². The molecule has 0 fully saturated rings. The van der Waals surface area contributed by atoms with Gasteiger partial charge in [-0.05, 0) is 23.7 Å². The van der Waals surface area contributed by atoms with Gasteiger partial charge in [0.25, 0.3) is 0 Å². The van der Waals surface area contributed by atoms with Gasteiger partial charge >= 0.3 is 5.97 Å². The smallest absolute Gasteiger partial charge is 0.349 e. The molecule has 0 spiro atoms. The lowest BCUT2D eigenvalue weighted by Gasteiger charge is -2.01. The van der Waals surface area contributed by atoms with E-state index in [0.717, 1.165) is 16.0 Å². The number of carboxylic acid groups (broad SMARTS) is 1. The minimum Gasteiger partial charge on any atom is -0.477 e. The fraction of sp³-hybridized carbons (Fsp3) is 0. The highest BCUT2D eigenvalue weighted by molar-refractivity contribution is 9.10. The Labute approximate surface area is 108 Å². The highest BCUT2D eigenvalue weighted by Gasteiger charge is 2.18. The molecule has 1 aromatic heterocycles. The normalized spacial score (nSPS) is 10.4. The van der Waals surface area contributed by atoms with Gasteiger partial charge in [0.15, 0.2) is 4.88 Å². The maximum Gasteiger partial charge on any atom is 0.349 e. The molecule has 0 aliphatic rings. The monoisotopic (exact) mass is 318 g/mol. The van der Waals surface area contributed by atoms with Gasteiger partial charge in [0.05, 0.1) is 5.02 Å². The largest absolute Gasteiger partial charge is 0.477 e. The zero-order valence-corrected chi connectivity index (χ0v) is 10.8. The summed E-state index contributed by atoms with van der Waals surface area (Å²) < 4.78 is 4.44. The van der Waals surface area contributed by atoms with Gasteiger partial charge in [-0.15, -0.1) is 5.10 Å². The SMILES string of the molecule is O=C(O)c1snnc1-c1ccc(Br)cc1Cl. The van der Waals surface area contributed by atoms with Crippen molar-refractivity contribution in [2.75, 3.05) is 0 Å². The van der Waals surface area contributed by atoms with Crippen molar-refractivity contribution in [3.05, 3.63) is 32.6 Å². The summed E-state index contributed by atoms with van der Waals surface area (Å²) >= 11 is 10.1. The number of benzene rings is 1. The third-order valence-corrected chi connectivity index (χ3v) is 3.39. The van der Waals surface area contributed by atoms with E-state index in [1.807, 2.05) is 0 Å². The van der Waals surface area contributed by atoms with Crippen LogP contribution in [0.4, 0.5) is 0 Å². The molecule has 16 heavy (non-hydrogen) atoms. The molecule has 1 heterocycles. The second-order valence-electron chi connectivity index (χ2n) is 2.88. The summed E-state index contributed by atoms with van der Waals surface area (Å²) in [5.74, 6) is -1.05. The van der Waals surface area contributed by atoms with Crippen LogP contribution < -0.4 is 0 Å². The van der Waals surface area contributed by atoms with Gasteiger partial charge < -0.3 is 5.11 Å². The van der Waals surface area contributed by atoms with Crippen LogP contribution in [0.3, 0.4) is 0 Å². The number of aromatic carboxylic acids is 1. The Balaban J connectivity index is 2.59. The topological polar surface area (TPSA) is 63.1 Å². The van der Waals surface area contributed by atoms with Crippen molar-refractivity contribution in [2.45, 2.75) is 0 Å². The van der Waals surface area contributed by atoms with Gasteiger partial charge in [0.1, 0.15) is 5.69 Å². The first kappa shape index (κ1) is 11.5. The summed E-state index contributed by atoms with van der Waals surface area (Å²) in [6, 6.07) is 5.16. The number of halogens is 2. The maximum atomic E-state index is 10.9. The Morgan fingerprint density at radius 2 is 2.25 bits per heavy atom. The minimum absolute atomic E-state index is 0.0872. The first-order chi connectivity index (χ1) is 7.59. The molecule has 7 heteroatoms. The van der Waals surface area contributed by atoms with Crippen LogP contribution in [0.15, 0.2) is 22.7 Å². The van der Waals surface area contributed by atoms with E-state index >= 15 is 0 Å². The van der Waals surface area contributed by atoms with Crippen LogP contribution >= 0.6 is 39.1 Å². The number of hydrogen-bond donors (Lipinski definition) is 1. The summed E-state index contributed by atoms with van der Waals surface area (Å²) in [5.41, 5.74) is 0.867. The van der Waals surface area contributed by atoms with Crippen LogP contribution in [-0.4, -0.2) is 20.7 Å². The van der Waals surface area contributed by atoms with Crippen LogP contribution in [0.25, 0.3) is 11.3 Å². The molecular formula is C9H4BrClN2O2S. The molecule has 0 aliphatic carbocycles. The Morgan fingerprint density at radius 3 is 2.88 bits per heavy atom. The van der Waals surface area contributed by atoms with Crippen LogP contribution in [0.1, 0.15) is 9.67 Å². The minimum atomic E-state index is -1.05. The van der Waals surface area contributed by atoms with E-state index in [9.17, 15) is 4.79 Å². The average molecular weight is 320 g/mol. The van der Waals surface area contributed by atoms with Gasteiger partial charge in [-0.2, -0.15) is 0 Å². The second-order valence-corrected chi connectivity index (χ2v) is 4.96. The standard InChI is InChI=1S/C9H4BrClN2O2S/c10-4-1-2-5(6(11)3-4)7-8(9(14)15)16-13-12-7/h1-3H,(H,14,15). The third-order valence-electron chi connectivity index (χ3n) is 1.87. The first-order valence-corrected chi connectivity index (χ1v) is 6.05. The molecular weight excluding hydrogens is 316 g/mol.